The number of thiazole rings is 1. The van der Waals surface area contributed by atoms with Gasteiger partial charge >= 0.3 is 0 Å². The van der Waals surface area contributed by atoms with Crippen LogP contribution in [0.4, 0.5) is 5.69 Å². The van der Waals surface area contributed by atoms with Gasteiger partial charge in [0.05, 0.1) is 10.7 Å². The molecule has 1 atom stereocenters. The minimum atomic E-state index is -0.552. The van der Waals surface area contributed by atoms with Gasteiger partial charge in [-0.25, -0.2) is 4.98 Å². The predicted octanol–water partition coefficient (Wildman–Crippen LogP) is 3.76. The number of carbonyl (C=O) groups excluding carboxylic acids is 1. The van der Waals surface area contributed by atoms with Crippen LogP contribution in [0.1, 0.15) is 16.6 Å². The summed E-state index contributed by atoms with van der Waals surface area (Å²) in [5.74, 6) is -0.407. The van der Waals surface area contributed by atoms with Gasteiger partial charge in [0.2, 0.25) is 5.91 Å². The topological polar surface area (TPSA) is 68.0 Å². The SMILES string of the molecule is Cc1nc(-c2ccc(N[C@@H](C(N)=O)c3ccccc3)cc2)cs1. The maximum absolute atomic E-state index is 11.7. The second kappa shape index (κ2) is 6.62. The molecule has 0 spiro atoms. The van der Waals surface area contributed by atoms with Crippen molar-refractivity contribution in [3.63, 3.8) is 0 Å². The molecular weight excluding hydrogens is 306 g/mol. The van der Waals surface area contributed by atoms with E-state index in [2.05, 4.69) is 10.3 Å². The van der Waals surface area contributed by atoms with Crippen LogP contribution in [-0.2, 0) is 4.79 Å². The fourth-order valence-electron chi connectivity index (χ4n) is 2.36. The lowest BCUT2D eigenvalue weighted by Crippen LogP contribution is -2.27. The zero-order chi connectivity index (χ0) is 16.2. The van der Waals surface area contributed by atoms with Crippen LogP contribution in [-0.4, -0.2) is 10.9 Å². The first kappa shape index (κ1) is 15.2. The number of nitrogens with one attached hydrogen (secondary N) is 1. The smallest absolute Gasteiger partial charge is 0.244 e. The molecule has 2 aromatic carbocycles. The van der Waals surface area contributed by atoms with Crippen molar-refractivity contribution in [2.45, 2.75) is 13.0 Å². The monoisotopic (exact) mass is 323 g/mol. The van der Waals surface area contributed by atoms with Crippen LogP contribution in [0.3, 0.4) is 0 Å². The largest absolute Gasteiger partial charge is 0.370 e. The van der Waals surface area contributed by atoms with Crippen LogP contribution in [0, 0.1) is 6.92 Å². The Hall–Kier alpha value is -2.66. The molecule has 23 heavy (non-hydrogen) atoms. The van der Waals surface area contributed by atoms with Gasteiger partial charge in [-0.2, -0.15) is 0 Å². The highest BCUT2D eigenvalue weighted by Gasteiger charge is 2.17. The molecule has 0 fully saturated rings. The van der Waals surface area contributed by atoms with E-state index < -0.39 is 11.9 Å². The van der Waals surface area contributed by atoms with Crippen molar-refractivity contribution < 1.29 is 4.79 Å². The van der Waals surface area contributed by atoms with E-state index in [0.29, 0.717) is 0 Å². The summed E-state index contributed by atoms with van der Waals surface area (Å²) in [5, 5.41) is 6.26. The van der Waals surface area contributed by atoms with Gasteiger partial charge in [-0.05, 0) is 24.6 Å². The molecule has 5 heteroatoms. The maximum atomic E-state index is 11.7. The number of hydrogen-bond acceptors (Lipinski definition) is 4. The highest BCUT2D eigenvalue weighted by atomic mass is 32.1. The number of aryl methyl sites for hydroxylation is 1. The normalized spacial score (nSPS) is 11.9. The Labute approximate surface area is 139 Å². The summed E-state index contributed by atoms with van der Waals surface area (Å²) in [4.78, 5) is 16.2. The molecule has 116 valence electrons. The number of hydrogen-bond donors (Lipinski definition) is 2. The molecule has 0 unspecified atom stereocenters. The Morgan fingerprint density at radius 1 is 1.13 bits per heavy atom. The number of benzene rings is 2. The molecular formula is C18H17N3OS. The summed E-state index contributed by atoms with van der Waals surface area (Å²) in [6.07, 6.45) is 0. The van der Waals surface area contributed by atoms with E-state index in [1.807, 2.05) is 66.9 Å². The molecule has 0 saturated carbocycles. The van der Waals surface area contributed by atoms with Gasteiger partial charge in [-0.3, -0.25) is 4.79 Å². The van der Waals surface area contributed by atoms with Crippen molar-refractivity contribution in [2.24, 2.45) is 5.73 Å². The van der Waals surface area contributed by atoms with Crippen molar-refractivity contribution >= 4 is 22.9 Å². The van der Waals surface area contributed by atoms with Gasteiger partial charge in [0.15, 0.2) is 0 Å². The van der Waals surface area contributed by atoms with Crippen LogP contribution in [0.2, 0.25) is 0 Å². The van der Waals surface area contributed by atoms with Crippen LogP contribution < -0.4 is 11.1 Å². The molecule has 0 aliphatic heterocycles. The molecule has 0 bridgehead atoms. The quantitative estimate of drug-likeness (QED) is 0.751. The summed E-state index contributed by atoms with van der Waals surface area (Å²) in [7, 11) is 0. The Morgan fingerprint density at radius 2 is 1.83 bits per heavy atom. The first-order valence-corrected chi connectivity index (χ1v) is 8.15. The molecule has 3 aromatic rings. The number of nitrogens with zero attached hydrogens (tertiary/aromatic N) is 1. The molecule has 3 rings (SSSR count). The first-order valence-electron chi connectivity index (χ1n) is 7.27. The van der Waals surface area contributed by atoms with Gasteiger partial charge in [0, 0.05) is 16.6 Å². The molecule has 0 aliphatic rings. The van der Waals surface area contributed by atoms with E-state index in [1.165, 1.54) is 0 Å². The lowest BCUT2D eigenvalue weighted by Gasteiger charge is -2.17. The summed E-state index contributed by atoms with van der Waals surface area (Å²) >= 11 is 1.63. The Bertz CT molecular complexity index is 797. The van der Waals surface area contributed by atoms with Gasteiger partial charge in [0.25, 0.3) is 0 Å². The van der Waals surface area contributed by atoms with Crippen LogP contribution in [0.5, 0.6) is 0 Å². The zero-order valence-electron chi connectivity index (χ0n) is 12.7. The third kappa shape index (κ3) is 3.57. The summed E-state index contributed by atoms with van der Waals surface area (Å²) in [6, 6.07) is 16.7. The maximum Gasteiger partial charge on any atom is 0.244 e. The molecule has 3 N–H and O–H groups in total. The summed E-state index contributed by atoms with van der Waals surface area (Å²) in [5.41, 5.74) is 9.24. The fraction of sp³-hybridized carbons (Fsp3) is 0.111. The second-order valence-electron chi connectivity index (χ2n) is 5.22. The average molecular weight is 323 g/mol. The molecule has 1 heterocycles. The molecule has 0 saturated heterocycles. The fourth-order valence-corrected chi connectivity index (χ4v) is 2.99. The number of rotatable bonds is 5. The molecule has 4 nitrogen and oxygen atoms in total. The molecule has 1 aromatic heterocycles. The average Bonchev–Trinajstić information content (AvgIpc) is 3.00. The number of aromatic nitrogens is 1. The lowest BCUT2D eigenvalue weighted by atomic mass is 10.1. The highest BCUT2D eigenvalue weighted by molar-refractivity contribution is 7.09. The van der Waals surface area contributed by atoms with Crippen LogP contribution in [0.25, 0.3) is 11.3 Å². The van der Waals surface area contributed by atoms with Gasteiger partial charge in [0.1, 0.15) is 6.04 Å². The number of anilines is 1. The molecule has 0 radical (unpaired) electrons. The number of amides is 1. The summed E-state index contributed by atoms with van der Waals surface area (Å²) in [6.45, 7) is 1.99. The minimum Gasteiger partial charge on any atom is -0.370 e. The third-order valence-corrected chi connectivity index (χ3v) is 4.30. The van der Waals surface area contributed by atoms with Crippen LogP contribution >= 0.6 is 11.3 Å². The Kier molecular flexibility index (Phi) is 4.39. The zero-order valence-corrected chi connectivity index (χ0v) is 13.5. The predicted molar refractivity (Wildman–Crippen MR) is 94.3 cm³/mol. The van der Waals surface area contributed by atoms with Crippen molar-refractivity contribution in [3.8, 4) is 11.3 Å². The highest BCUT2D eigenvalue weighted by Crippen LogP contribution is 2.25. The van der Waals surface area contributed by atoms with Gasteiger partial charge in [-0.1, -0.05) is 42.5 Å². The van der Waals surface area contributed by atoms with Gasteiger partial charge < -0.3 is 11.1 Å². The van der Waals surface area contributed by atoms with E-state index >= 15 is 0 Å². The first-order chi connectivity index (χ1) is 11.1. The van der Waals surface area contributed by atoms with E-state index in [1.54, 1.807) is 11.3 Å². The lowest BCUT2D eigenvalue weighted by molar-refractivity contribution is -0.118. The Morgan fingerprint density at radius 3 is 2.39 bits per heavy atom. The van der Waals surface area contributed by atoms with E-state index in [0.717, 1.165) is 27.5 Å². The van der Waals surface area contributed by atoms with Crippen molar-refractivity contribution in [3.05, 3.63) is 70.5 Å². The van der Waals surface area contributed by atoms with E-state index in [-0.39, 0.29) is 0 Å². The number of nitrogens with two attached hydrogens (primary N) is 1. The standard InChI is InChI=1S/C18H17N3OS/c1-12-20-16(11-23-12)13-7-9-15(10-8-13)21-17(18(19)22)14-5-3-2-4-6-14/h2-11,17,21H,1H3,(H2,19,22)/t17-/m1/s1. The van der Waals surface area contributed by atoms with E-state index in [9.17, 15) is 4.79 Å². The van der Waals surface area contributed by atoms with Crippen molar-refractivity contribution in [1.29, 1.82) is 0 Å². The molecule has 1 amide bonds. The van der Waals surface area contributed by atoms with Gasteiger partial charge in [-0.15, -0.1) is 11.3 Å². The van der Waals surface area contributed by atoms with Crippen molar-refractivity contribution in [1.82, 2.24) is 4.98 Å². The van der Waals surface area contributed by atoms with Crippen LogP contribution in [0.15, 0.2) is 60.0 Å². The molecule has 0 aliphatic carbocycles. The van der Waals surface area contributed by atoms with E-state index in [4.69, 9.17) is 5.73 Å². The van der Waals surface area contributed by atoms with Crippen molar-refractivity contribution in [2.75, 3.05) is 5.32 Å². The summed E-state index contributed by atoms with van der Waals surface area (Å²) < 4.78 is 0. The number of carbonyl (C=O) groups is 1. The third-order valence-electron chi connectivity index (χ3n) is 3.53. The Balaban J connectivity index is 1.80. The number of primary amides is 1. The minimum absolute atomic E-state index is 0.407. The second-order valence-corrected chi connectivity index (χ2v) is 6.28.